The molecule has 1 fully saturated rings. The molecule has 2 aromatic rings. The van der Waals surface area contributed by atoms with Crippen LogP contribution >= 0.6 is 11.6 Å². The van der Waals surface area contributed by atoms with Crippen LogP contribution in [-0.2, 0) is 4.79 Å². The van der Waals surface area contributed by atoms with E-state index in [0.29, 0.717) is 35.8 Å². The number of nitrogens with zero attached hydrogens (tertiary/aromatic N) is 3. The minimum Gasteiger partial charge on any atom is -0.338 e. The van der Waals surface area contributed by atoms with Crippen molar-refractivity contribution >= 4 is 34.9 Å². The van der Waals surface area contributed by atoms with Gasteiger partial charge in [0, 0.05) is 36.5 Å². The van der Waals surface area contributed by atoms with E-state index in [1.165, 1.54) is 12.3 Å². The normalized spacial score (nSPS) is 16.5. The van der Waals surface area contributed by atoms with Gasteiger partial charge >= 0.3 is 0 Å². The van der Waals surface area contributed by atoms with Crippen molar-refractivity contribution in [3.8, 4) is 0 Å². The van der Waals surface area contributed by atoms with Gasteiger partial charge in [-0.15, -0.1) is 0 Å². The first kappa shape index (κ1) is 19.8. The molecule has 0 aliphatic carbocycles. The molecule has 1 saturated heterocycles. The zero-order valence-corrected chi connectivity index (χ0v) is 16.0. The van der Waals surface area contributed by atoms with Crippen LogP contribution in [0.25, 0.3) is 0 Å². The van der Waals surface area contributed by atoms with E-state index in [2.05, 4.69) is 10.3 Å². The summed E-state index contributed by atoms with van der Waals surface area (Å²) in [6, 6.07) is 7.67. The Morgan fingerprint density at radius 3 is 2.79 bits per heavy atom. The van der Waals surface area contributed by atoms with Crippen LogP contribution in [0.4, 0.5) is 11.5 Å². The number of likely N-dealkylation sites (tertiary alicyclic amines) is 1. The summed E-state index contributed by atoms with van der Waals surface area (Å²) in [4.78, 5) is 41.6. The number of aromatic nitrogens is 1. The van der Waals surface area contributed by atoms with E-state index in [0.717, 1.165) is 0 Å². The van der Waals surface area contributed by atoms with Crippen molar-refractivity contribution in [2.75, 3.05) is 18.4 Å². The third-order valence-electron chi connectivity index (χ3n) is 4.71. The Labute approximate surface area is 166 Å². The number of aryl methyl sites for hydroxylation is 1. The Balaban J connectivity index is 1.69. The molecular weight excluding hydrogens is 384 g/mol. The summed E-state index contributed by atoms with van der Waals surface area (Å²) in [5, 5.41) is 14.3. The third-order valence-corrected chi connectivity index (χ3v) is 4.93. The zero-order chi connectivity index (χ0) is 20.3. The van der Waals surface area contributed by atoms with Gasteiger partial charge in [0.25, 0.3) is 11.6 Å². The van der Waals surface area contributed by atoms with Gasteiger partial charge < -0.3 is 10.2 Å². The van der Waals surface area contributed by atoms with Gasteiger partial charge in [-0.25, -0.2) is 4.98 Å². The fourth-order valence-corrected chi connectivity index (χ4v) is 3.29. The van der Waals surface area contributed by atoms with Gasteiger partial charge in [-0.3, -0.25) is 19.7 Å². The highest BCUT2D eigenvalue weighted by atomic mass is 35.5. The highest BCUT2D eigenvalue weighted by Crippen LogP contribution is 2.24. The average Bonchev–Trinajstić information content (AvgIpc) is 2.69. The number of halogens is 1. The van der Waals surface area contributed by atoms with Gasteiger partial charge in [-0.2, -0.15) is 0 Å². The topological polar surface area (TPSA) is 105 Å². The molecule has 1 N–H and O–H groups in total. The molecule has 9 heteroatoms. The molecule has 1 atom stereocenters. The summed E-state index contributed by atoms with van der Waals surface area (Å²) in [6.07, 6.45) is 2.77. The molecule has 1 aromatic carbocycles. The Morgan fingerprint density at radius 2 is 2.11 bits per heavy atom. The first-order valence-electron chi connectivity index (χ1n) is 8.82. The molecule has 0 saturated carbocycles. The SMILES string of the molecule is Cc1ccc(C(=O)N2CCCC(C(=O)Nc3ccc(Cl)cn3)C2)cc1[N+](=O)[O-]. The highest BCUT2D eigenvalue weighted by Gasteiger charge is 2.30. The predicted octanol–water partition coefficient (Wildman–Crippen LogP) is 3.44. The smallest absolute Gasteiger partial charge is 0.273 e. The molecule has 1 aromatic heterocycles. The molecule has 146 valence electrons. The second-order valence-corrected chi connectivity index (χ2v) is 7.14. The lowest BCUT2D eigenvalue weighted by molar-refractivity contribution is -0.385. The van der Waals surface area contributed by atoms with Crippen molar-refractivity contribution in [2.24, 2.45) is 5.92 Å². The molecule has 0 radical (unpaired) electrons. The van der Waals surface area contributed by atoms with Crippen molar-refractivity contribution in [3.05, 3.63) is 62.8 Å². The second-order valence-electron chi connectivity index (χ2n) is 6.70. The maximum absolute atomic E-state index is 12.8. The largest absolute Gasteiger partial charge is 0.338 e. The summed E-state index contributed by atoms with van der Waals surface area (Å²) in [6.45, 7) is 2.38. The molecule has 2 amide bonds. The predicted molar refractivity (Wildman–Crippen MR) is 104 cm³/mol. The Morgan fingerprint density at radius 1 is 1.32 bits per heavy atom. The van der Waals surface area contributed by atoms with E-state index < -0.39 is 4.92 Å². The number of hydrogen-bond donors (Lipinski definition) is 1. The van der Waals surface area contributed by atoms with Gasteiger partial charge in [-0.05, 0) is 38.0 Å². The van der Waals surface area contributed by atoms with Crippen LogP contribution in [0.3, 0.4) is 0 Å². The quantitative estimate of drug-likeness (QED) is 0.622. The summed E-state index contributed by atoms with van der Waals surface area (Å²) in [7, 11) is 0. The number of nitro groups is 1. The molecule has 1 aliphatic heterocycles. The zero-order valence-electron chi connectivity index (χ0n) is 15.2. The van der Waals surface area contributed by atoms with Crippen LogP contribution in [0.2, 0.25) is 5.02 Å². The number of nitro benzene ring substituents is 1. The number of nitrogens with one attached hydrogen (secondary N) is 1. The number of piperidine rings is 1. The van der Waals surface area contributed by atoms with Crippen LogP contribution in [-0.4, -0.2) is 39.7 Å². The highest BCUT2D eigenvalue weighted by molar-refractivity contribution is 6.30. The van der Waals surface area contributed by atoms with E-state index in [1.807, 2.05) is 0 Å². The van der Waals surface area contributed by atoms with Gasteiger partial charge in [0.05, 0.1) is 15.9 Å². The molecule has 28 heavy (non-hydrogen) atoms. The summed E-state index contributed by atoms with van der Waals surface area (Å²) >= 11 is 5.79. The van der Waals surface area contributed by atoms with E-state index in [9.17, 15) is 19.7 Å². The Kier molecular flexibility index (Phi) is 5.89. The van der Waals surface area contributed by atoms with Crippen molar-refractivity contribution < 1.29 is 14.5 Å². The van der Waals surface area contributed by atoms with Crippen molar-refractivity contribution in [1.29, 1.82) is 0 Å². The van der Waals surface area contributed by atoms with Gasteiger partial charge in [0.1, 0.15) is 5.82 Å². The summed E-state index contributed by atoms with van der Waals surface area (Å²) in [5.74, 6) is -0.518. The number of carbonyl (C=O) groups is 2. The number of benzene rings is 1. The van der Waals surface area contributed by atoms with E-state index >= 15 is 0 Å². The Hall–Kier alpha value is -3.00. The number of rotatable bonds is 4. The molecular formula is C19H19ClN4O4. The number of amides is 2. The maximum atomic E-state index is 12.8. The molecule has 0 spiro atoms. The molecule has 8 nitrogen and oxygen atoms in total. The van der Waals surface area contributed by atoms with E-state index in [4.69, 9.17) is 11.6 Å². The van der Waals surface area contributed by atoms with Gasteiger partial charge in [0.2, 0.25) is 5.91 Å². The maximum Gasteiger partial charge on any atom is 0.273 e. The van der Waals surface area contributed by atoms with Crippen molar-refractivity contribution in [2.45, 2.75) is 19.8 Å². The standard InChI is InChI=1S/C19H19ClN4O4/c1-12-4-5-13(9-16(12)24(27)28)19(26)23-8-2-3-14(11-23)18(25)22-17-7-6-15(20)10-21-17/h4-7,9-10,14H,2-3,8,11H2,1H3,(H,21,22,25). The van der Waals surface area contributed by atoms with Gasteiger partial charge in [0.15, 0.2) is 0 Å². The third kappa shape index (κ3) is 4.45. The molecule has 1 unspecified atom stereocenters. The lowest BCUT2D eigenvalue weighted by atomic mass is 9.96. The first-order valence-corrected chi connectivity index (χ1v) is 9.19. The molecule has 1 aliphatic rings. The lowest BCUT2D eigenvalue weighted by Gasteiger charge is -2.32. The lowest BCUT2D eigenvalue weighted by Crippen LogP contribution is -2.43. The molecule has 3 rings (SSSR count). The minimum absolute atomic E-state index is 0.0917. The van der Waals surface area contributed by atoms with Gasteiger partial charge in [-0.1, -0.05) is 17.7 Å². The van der Waals surface area contributed by atoms with Crippen LogP contribution in [0.15, 0.2) is 36.5 Å². The number of pyridine rings is 1. The second kappa shape index (κ2) is 8.35. The van der Waals surface area contributed by atoms with E-state index in [1.54, 1.807) is 36.1 Å². The number of anilines is 1. The summed E-state index contributed by atoms with van der Waals surface area (Å²) < 4.78 is 0. The number of hydrogen-bond acceptors (Lipinski definition) is 5. The van der Waals surface area contributed by atoms with Crippen LogP contribution in [0.1, 0.15) is 28.8 Å². The molecule has 0 bridgehead atoms. The van der Waals surface area contributed by atoms with Crippen LogP contribution in [0, 0.1) is 23.0 Å². The number of carbonyl (C=O) groups excluding carboxylic acids is 2. The Bertz CT molecular complexity index is 917. The average molecular weight is 403 g/mol. The fourth-order valence-electron chi connectivity index (χ4n) is 3.18. The fraction of sp³-hybridized carbons (Fsp3) is 0.316. The first-order chi connectivity index (χ1) is 13.3. The molecule has 2 heterocycles. The van der Waals surface area contributed by atoms with Crippen LogP contribution in [0.5, 0.6) is 0 Å². The van der Waals surface area contributed by atoms with E-state index in [-0.39, 0.29) is 35.5 Å². The minimum atomic E-state index is -0.502. The van der Waals surface area contributed by atoms with Crippen LogP contribution < -0.4 is 5.32 Å². The monoisotopic (exact) mass is 402 g/mol. The van der Waals surface area contributed by atoms with Crippen molar-refractivity contribution in [1.82, 2.24) is 9.88 Å². The van der Waals surface area contributed by atoms with Crippen molar-refractivity contribution in [3.63, 3.8) is 0 Å². The summed E-state index contributed by atoms with van der Waals surface area (Å²) in [5.41, 5.74) is 0.650.